The molecule has 5 heteroatoms. The lowest BCUT2D eigenvalue weighted by molar-refractivity contribution is -0.115. The molecule has 0 spiro atoms. The van der Waals surface area contributed by atoms with Crippen LogP contribution in [0, 0.1) is 13.8 Å². The summed E-state index contributed by atoms with van der Waals surface area (Å²) < 4.78 is 0. The number of aromatic carboxylic acids is 1. The second-order valence-corrected chi connectivity index (χ2v) is 5.19. The first-order valence-electron chi connectivity index (χ1n) is 6.60. The van der Waals surface area contributed by atoms with E-state index in [9.17, 15) is 14.7 Å². The Balaban J connectivity index is 2.08. The number of hydrogen-bond acceptors (Lipinski definition) is 3. The van der Waals surface area contributed by atoms with Gasteiger partial charge in [0.25, 0.3) is 0 Å². The molecular formula is C16H14N2O3. The molecule has 0 atom stereocenters. The van der Waals surface area contributed by atoms with Gasteiger partial charge in [0.05, 0.1) is 23.4 Å². The van der Waals surface area contributed by atoms with Gasteiger partial charge in [-0.25, -0.2) is 4.79 Å². The molecule has 106 valence electrons. The van der Waals surface area contributed by atoms with E-state index in [2.05, 4.69) is 10.3 Å². The van der Waals surface area contributed by atoms with Crippen molar-refractivity contribution in [1.29, 1.82) is 0 Å². The fourth-order valence-corrected chi connectivity index (χ4v) is 2.68. The number of anilines is 1. The Morgan fingerprint density at radius 1 is 1.29 bits per heavy atom. The molecule has 0 saturated heterocycles. The first kappa shape index (κ1) is 13.3. The van der Waals surface area contributed by atoms with Crippen molar-refractivity contribution in [2.24, 2.45) is 0 Å². The van der Waals surface area contributed by atoms with Gasteiger partial charge in [0.1, 0.15) is 0 Å². The van der Waals surface area contributed by atoms with Gasteiger partial charge in [0, 0.05) is 11.3 Å². The number of nitrogens with one attached hydrogen (secondary N) is 1. The molecule has 2 aromatic rings. The maximum absolute atomic E-state index is 11.4. The van der Waals surface area contributed by atoms with E-state index in [1.807, 2.05) is 18.2 Å². The fourth-order valence-electron chi connectivity index (χ4n) is 2.68. The van der Waals surface area contributed by atoms with Crippen molar-refractivity contribution >= 4 is 17.6 Å². The molecule has 1 aromatic carbocycles. The number of benzene rings is 1. The van der Waals surface area contributed by atoms with Crippen LogP contribution >= 0.6 is 0 Å². The van der Waals surface area contributed by atoms with Crippen LogP contribution in [0.2, 0.25) is 0 Å². The summed E-state index contributed by atoms with van der Waals surface area (Å²) in [5, 5.41) is 12.0. The van der Waals surface area contributed by atoms with Gasteiger partial charge in [0.2, 0.25) is 5.91 Å². The Bertz CT molecular complexity index is 758. The van der Waals surface area contributed by atoms with Crippen molar-refractivity contribution in [2.45, 2.75) is 20.3 Å². The highest BCUT2D eigenvalue weighted by Gasteiger charge is 2.19. The Kier molecular flexibility index (Phi) is 2.97. The standard InChI is InChI=1S/C16H14N2O3/c1-8-5-12(17-9(2)15(8)16(20)21)10-3-4-11-7-14(19)18-13(11)6-10/h3-6H,7H2,1-2H3,(H,18,19)(H,20,21). The van der Waals surface area contributed by atoms with E-state index in [0.29, 0.717) is 23.4 Å². The van der Waals surface area contributed by atoms with Crippen molar-refractivity contribution in [3.63, 3.8) is 0 Å². The number of rotatable bonds is 2. The SMILES string of the molecule is Cc1cc(-c2ccc3c(c2)NC(=O)C3)nc(C)c1C(=O)O. The van der Waals surface area contributed by atoms with E-state index in [-0.39, 0.29) is 11.5 Å². The number of fused-ring (bicyclic) bond motifs is 1. The molecular weight excluding hydrogens is 268 g/mol. The summed E-state index contributed by atoms with van der Waals surface area (Å²) in [5.41, 5.74) is 4.75. The first-order chi connectivity index (χ1) is 9.95. The lowest BCUT2D eigenvalue weighted by Gasteiger charge is -2.09. The van der Waals surface area contributed by atoms with Crippen LogP contribution in [0.3, 0.4) is 0 Å². The van der Waals surface area contributed by atoms with Crippen molar-refractivity contribution < 1.29 is 14.7 Å². The molecule has 1 aromatic heterocycles. The molecule has 0 radical (unpaired) electrons. The zero-order chi connectivity index (χ0) is 15.1. The molecule has 21 heavy (non-hydrogen) atoms. The lowest BCUT2D eigenvalue weighted by Crippen LogP contribution is -2.06. The maximum atomic E-state index is 11.4. The van der Waals surface area contributed by atoms with Crippen LogP contribution < -0.4 is 5.32 Å². The molecule has 0 bridgehead atoms. The van der Waals surface area contributed by atoms with Crippen molar-refractivity contribution in [3.8, 4) is 11.3 Å². The quantitative estimate of drug-likeness (QED) is 0.887. The average Bonchev–Trinajstić information content (AvgIpc) is 2.76. The van der Waals surface area contributed by atoms with Crippen molar-refractivity contribution in [2.75, 3.05) is 5.32 Å². The maximum Gasteiger partial charge on any atom is 0.337 e. The van der Waals surface area contributed by atoms with E-state index in [4.69, 9.17) is 0 Å². The Hall–Kier alpha value is -2.69. The number of carboxylic acid groups (broad SMARTS) is 1. The molecule has 5 nitrogen and oxygen atoms in total. The Morgan fingerprint density at radius 3 is 2.71 bits per heavy atom. The average molecular weight is 282 g/mol. The highest BCUT2D eigenvalue weighted by molar-refractivity contribution is 6.00. The molecule has 1 aliphatic heterocycles. The Morgan fingerprint density at radius 2 is 2.05 bits per heavy atom. The van der Waals surface area contributed by atoms with Gasteiger partial charge in [0.15, 0.2) is 0 Å². The molecule has 0 unspecified atom stereocenters. The number of aryl methyl sites for hydroxylation is 2. The van der Waals surface area contributed by atoms with Crippen LogP contribution in [0.25, 0.3) is 11.3 Å². The topological polar surface area (TPSA) is 79.3 Å². The Labute approximate surface area is 121 Å². The summed E-state index contributed by atoms with van der Waals surface area (Å²) in [6.07, 6.45) is 0.402. The third-order valence-corrected chi connectivity index (χ3v) is 3.64. The predicted molar refractivity (Wildman–Crippen MR) is 78.4 cm³/mol. The summed E-state index contributed by atoms with van der Waals surface area (Å²) in [6, 6.07) is 7.44. The van der Waals surface area contributed by atoms with Crippen LogP contribution in [0.15, 0.2) is 24.3 Å². The molecule has 1 amide bonds. The van der Waals surface area contributed by atoms with Crippen LogP contribution in [-0.4, -0.2) is 22.0 Å². The van der Waals surface area contributed by atoms with Crippen LogP contribution in [0.1, 0.15) is 27.2 Å². The van der Waals surface area contributed by atoms with Crippen LogP contribution in [0.4, 0.5) is 5.69 Å². The predicted octanol–water partition coefficient (Wildman–Crippen LogP) is 2.56. The molecule has 1 aliphatic rings. The number of aromatic nitrogens is 1. The van der Waals surface area contributed by atoms with Gasteiger partial charge >= 0.3 is 5.97 Å². The summed E-state index contributed by atoms with van der Waals surface area (Å²) >= 11 is 0. The molecule has 2 N–H and O–H groups in total. The number of amides is 1. The highest BCUT2D eigenvalue weighted by atomic mass is 16.4. The minimum Gasteiger partial charge on any atom is -0.478 e. The second-order valence-electron chi connectivity index (χ2n) is 5.19. The van der Waals surface area contributed by atoms with E-state index in [1.54, 1.807) is 19.9 Å². The van der Waals surface area contributed by atoms with Crippen molar-refractivity contribution in [1.82, 2.24) is 4.98 Å². The van der Waals surface area contributed by atoms with Gasteiger partial charge in [-0.05, 0) is 37.1 Å². The number of pyridine rings is 1. The minimum atomic E-state index is -0.967. The van der Waals surface area contributed by atoms with Crippen LogP contribution in [-0.2, 0) is 11.2 Å². The number of carbonyl (C=O) groups excluding carboxylic acids is 1. The summed E-state index contributed by atoms with van der Waals surface area (Å²) in [6.45, 7) is 3.45. The number of carboxylic acids is 1. The third-order valence-electron chi connectivity index (χ3n) is 3.64. The van der Waals surface area contributed by atoms with Gasteiger partial charge in [-0.3, -0.25) is 9.78 Å². The largest absolute Gasteiger partial charge is 0.478 e. The second kappa shape index (κ2) is 4.70. The monoisotopic (exact) mass is 282 g/mol. The van der Waals surface area contributed by atoms with E-state index < -0.39 is 5.97 Å². The molecule has 0 aliphatic carbocycles. The lowest BCUT2D eigenvalue weighted by atomic mass is 10.0. The van der Waals surface area contributed by atoms with Gasteiger partial charge in [-0.15, -0.1) is 0 Å². The smallest absolute Gasteiger partial charge is 0.337 e. The molecule has 0 saturated carbocycles. The van der Waals surface area contributed by atoms with Crippen LogP contribution in [0.5, 0.6) is 0 Å². The van der Waals surface area contributed by atoms with E-state index in [1.165, 1.54) is 0 Å². The summed E-state index contributed by atoms with van der Waals surface area (Å²) in [7, 11) is 0. The van der Waals surface area contributed by atoms with Gasteiger partial charge in [-0.2, -0.15) is 0 Å². The number of carbonyl (C=O) groups is 2. The zero-order valence-corrected chi connectivity index (χ0v) is 11.7. The van der Waals surface area contributed by atoms with Gasteiger partial charge in [-0.1, -0.05) is 12.1 Å². The third kappa shape index (κ3) is 2.27. The van der Waals surface area contributed by atoms with E-state index >= 15 is 0 Å². The molecule has 2 heterocycles. The number of hydrogen-bond donors (Lipinski definition) is 2. The minimum absolute atomic E-state index is 0.0105. The highest BCUT2D eigenvalue weighted by Crippen LogP contribution is 2.29. The normalized spacial score (nSPS) is 13.0. The van der Waals surface area contributed by atoms with E-state index in [0.717, 1.165) is 16.8 Å². The summed E-state index contributed by atoms with van der Waals surface area (Å²) in [5.74, 6) is -0.978. The molecule has 0 fully saturated rings. The first-order valence-corrected chi connectivity index (χ1v) is 6.60. The van der Waals surface area contributed by atoms with Gasteiger partial charge < -0.3 is 10.4 Å². The molecule has 3 rings (SSSR count). The zero-order valence-electron chi connectivity index (χ0n) is 11.7. The number of nitrogens with zero attached hydrogens (tertiary/aromatic N) is 1. The fraction of sp³-hybridized carbons (Fsp3) is 0.188. The van der Waals surface area contributed by atoms with Crippen molar-refractivity contribution in [3.05, 3.63) is 46.6 Å². The summed E-state index contributed by atoms with van der Waals surface area (Å²) in [4.78, 5) is 27.0.